The molecule has 2 aromatic rings. The van der Waals surface area contributed by atoms with Crippen LogP contribution in [0.25, 0.3) is 0 Å². The van der Waals surface area contributed by atoms with Gasteiger partial charge in [0, 0.05) is 39.0 Å². The lowest BCUT2D eigenvalue weighted by Gasteiger charge is -2.25. The molecule has 118 valence electrons. The second kappa shape index (κ2) is 6.22. The smallest absolute Gasteiger partial charge is 0.242 e. The lowest BCUT2D eigenvalue weighted by molar-refractivity contribution is 0.118. The fourth-order valence-corrected chi connectivity index (χ4v) is 2.70. The van der Waals surface area contributed by atoms with E-state index < -0.39 is 0 Å². The molecule has 1 aliphatic rings. The summed E-state index contributed by atoms with van der Waals surface area (Å²) in [7, 11) is 3.55. The van der Waals surface area contributed by atoms with Gasteiger partial charge < -0.3 is 15.0 Å². The van der Waals surface area contributed by atoms with Crippen molar-refractivity contribution in [1.82, 2.24) is 30.2 Å². The van der Waals surface area contributed by atoms with E-state index >= 15 is 0 Å². The van der Waals surface area contributed by atoms with Crippen LogP contribution in [0.2, 0.25) is 0 Å². The van der Waals surface area contributed by atoms with Crippen LogP contribution in [-0.2, 0) is 11.8 Å². The Balaban J connectivity index is 1.73. The monoisotopic (exact) mass is 304 g/mol. The molecule has 22 heavy (non-hydrogen) atoms. The average molecular weight is 304 g/mol. The van der Waals surface area contributed by atoms with Crippen LogP contribution in [0.4, 0.5) is 11.8 Å². The second-order valence-electron chi connectivity index (χ2n) is 5.42. The number of methoxy groups -OCH3 is 1. The number of tetrazole rings is 1. The Hall–Kier alpha value is -2.29. The minimum atomic E-state index is 0.194. The first-order chi connectivity index (χ1) is 10.7. The molecule has 0 aliphatic carbocycles. The summed E-state index contributed by atoms with van der Waals surface area (Å²) < 4.78 is 7.14. The van der Waals surface area contributed by atoms with Crippen molar-refractivity contribution in [3.8, 4) is 0 Å². The molecular weight excluding hydrogens is 284 g/mol. The van der Waals surface area contributed by atoms with Crippen molar-refractivity contribution >= 4 is 11.8 Å². The van der Waals surface area contributed by atoms with Crippen molar-refractivity contribution < 1.29 is 4.74 Å². The van der Waals surface area contributed by atoms with E-state index in [-0.39, 0.29) is 12.1 Å². The standard InChI is InChI=1S/C13H20N8O/c1-9-4-12(16-8-15-9)21-7-11(22-3)5-10(21)6-14-13-17-18-19-20(13)2/h4,8,10-11H,5-7H2,1-3H3,(H,14,17,19)/t10-,11-/m0/s1. The molecule has 3 heterocycles. The van der Waals surface area contributed by atoms with Crippen LogP contribution in [-0.4, -0.2) is 62.5 Å². The molecule has 2 atom stereocenters. The summed E-state index contributed by atoms with van der Waals surface area (Å²) in [6, 6.07) is 2.26. The molecule has 1 aliphatic heterocycles. The quantitative estimate of drug-likeness (QED) is 0.826. The van der Waals surface area contributed by atoms with Crippen molar-refractivity contribution in [2.24, 2.45) is 7.05 Å². The number of hydrogen-bond acceptors (Lipinski definition) is 8. The first kappa shape index (κ1) is 14.6. The van der Waals surface area contributed by atoms with Gasteiger partial charge in [0.05, 0.1) is 12.1 Å². The third kappa shape index (κ3) is 2.98. The Bertz CT molecular complexity index is 630. The molecule has 0 radical (unpaired) electrons. The molecule has 3 rings (SSSR count). The molecule has 0 aromatic carbocycles. The minimum absolute atomic E-state index is 0.194. The molecule has 1 fully saturated rings. The van der Waals surface area contributed by atoms with Gasteiger partial charge in [-0.15, -0.1) is 0 Å². The average Bonchev–Trinajstić information content (AvgIpc) is 3.11. The van der Waals surface area contributed by atoms with Crippen LogP contribution in [0, 0.1) is 6.92 Å². The van der Waals surface area contributed by atoms with Gasteiger partial charge in [0.15, 0.2) is 0 Å². The van der Waals surface area contributed by atoms with Crippen molar-refractivity contribution in [2.45, 2.75) is 25.5 Å². The number of nitrogens with zero attached hydrogens (tertiary/aromatic N) is 7. The lowest BCUT2D eigenvalue weighted by atomic mass is 10.2. The van der Waals surface area contributed by atoms with E-state index in [4.69, 9.17) is 4.74 Å². The summed E-state index contributed by atoms with van der Waals surface area (Å²) in [5.74, 6) is 1.58. The van der Waals surface area contributed by atoms with E-state index in [0.717, 1.165) is 31.0 Å². The van der Waals surface area contributed by atoms with Crippen LogP contribution in [0.1, 0.15) is 12.1 Å². The van der Waals surface area contributed by atoms with Gasteiger partial charge in [0.25, 0.3) is 0 Å². The predicted octanol–water partition coefficient (Wildman–Crippen LogP) is 0.0143. The molecule has 9 nitrogen and oxygen atoms in total. The van der Waals surface area contributed by atoms with Gasteiger partial charge >= 0.3 is 0 Å². The van der Waals surface area contributed by atoms with Crippen LogP contribution in [0.3, 0.4) is 0 Å². The summed E-state index contributed by atoms with van der Waals surface area (Å²) in [4.78, 5) is 10.8. The first-order valence-corrected chi connectivity index (χ1v) is 7.21. The highest BCUT2D eigenvalue weighted by Crippen LogP contribution is 2.25. The van der Waals surface area contributed by atoms with Gasteiger partial charge in [-0.25, -0.2) is 14.6 Å². The Kier molecular flexibility index (Phi) is 4.14. The highest BCUT2D eigenvalue weighted by molar-refractivity contribution is 5.43. The normalized spacial score (nSPS) is 21.3. The molecule has 2 aromatic heterocycles. The molecule has 0 amide bonds. The Morgan fingerprint density at radius 2 is 2.27 bits per heavy atom. The Morgan fingerprint density at radius 1 is 1.41 bits per heavy atom. The topological polar surface area (TPSA) is 93.9 Å². The summed E-state index contributed by atoms with van der Waals surface area (Å²) in [5, 5.41) is 14.7. The van der Waals surface area contributed by atoms with Gasteiger partial charge in [-0.3, -0.25) is 0 Å². The van der Waals surface area contributed by atoms with Crippen LogP contribution in [0.5, 0.6) is 0 Å². The van der Waals surface area contributed by atoms with Crippen molar-refractivity contribution in [3.63, 3.8) is 0 Å². The van der Waals surface area contributed by atoms with Gasteiger partial charge in [-0.2, -0.15) is 0 Å². The van der Waals surface area contributed by atoms with E-state index in [1.807, 2.05) is 13.0 Å². The number of anilines is 2. The number of nitrogens with one attached hydrogen (secondary N) is 1. The lowest BCUT2D eigenvalue weighted by Crippen LogP contribution is -2.36. The predicted molar refractivity (Wildman–Crippen MR) is 80.6 cm³/mol. The maximum atomic E-state index is 5.53. The highest BCUT2D eigenvalue weighted by atomic mass is 16.5. The van der Waals surface area contributed by atoms with Crippen LogP contribution in [0.15, 0.2) is 12.4 Å². The molecule has 0 unspecified atom stereocenters. The van der Waals surface area contributed by atoms with Gasteiger partial charge in [-0.1, -0.05) is 5.10 Å². The van der Waals surface area contributed by atoms with Crippen molar-refractivity contribution in [2.75, 3.05) is 30.4 Å². The second-order valence-corrected chi connectivity index (χ2v) is 5.42. The van der Waals surface area contributed by atoms with Crippen molar-refractivity contribution in [3.05, 3.63) is 18.1 Å². The third-order valence-electron chi connectivity index (χ3n) is 3.91. The molecular formula is C13H20N8O. The zero-order chi connectivity index (χ0) is 15.5. The summed E-state index contributed by atoms with van der Waals surface area (Å²) >= 11 is 0. The van der Waals surface area contributed by atoms with Crippen LogP contribution < -0.4 is 10.2 Å². The fourth-order valence-electron chi connectivity index (χ4n) is 2.70. The third-order valence-corrected chi connectivity index (χ3v) is 3.91. The molecule has 9 heteroatoms. The number of hydrogen-bond donors (Lipinski definition) is 1. The zero-order valence-electron chi connectivity index (χ0n) is 13.0. The SMILES string of the molecule is CO[C@H]1C[C@@H](CNc2nnnn2C)N(c2cc(C)ncn2)C1. The summed E-state index contributed by atoms with van der Waals surface area (Å²) in [5.41, 5.74) is 0.954. The largest absolute Gasteiger partial charge is 0.380 e. The maximum Gasteiger partial charge on any atom is 0.242 e. The molecule has 0 spiro atoms. The van der Waals surface area contributed by atoms with Gasteiger partial charge in [0.1, 0.15) is 12.1 Å². The zero-order valence-corrected chi connectivity index (χ0v) is 13.0. The molecule has 0 saturated carbocycles. The first-order valence-electron chi connectivity index (χ1n) is 7.21. The Morgan fingerprint density at radius 3 is 2.95 bits per heavy atom. The van der Waals surface area contributed by atoms with Gasteiger partial charge in [0.2, 0.25) is 5.95 Å². The van der Waals surface area contributed by atoms with E-state index in [9.17, 15) is 0 Å². The van der Waals surface area contributed by atoms with E-state index in [1.165, 1.54) is 0 Å². The highest BCUT2D eigenvalue weighted by Gasteiger charge is 2.33. The molecule has 1 N–H and O–H groups in total. The van der Waals surface area contributed by atoms with E-state index in [0.29, 0.717) is 5.95 Å². The number of aryl methyl sites for hydroxylation is 2. The summed E-state index contributed by atoms with van der Waals surface area (Å²) in [6.07, 6.45) is 2.72. The molecule has 0 bridgehead atoms. The van der Waals surface area contributed by atoms with Gasteiger partial charge in [-0.05, 0) is 23.8 Å². The summed E-state index contributed by atoms with van der Waals surface area (Å²) in [6.45, 7) is 3.50. The molecule has 1 saturated heterocycles. The number of aromatic nitrogens is 6. The number of rotatable bonds is 5. The van der Waals surface area contributed by atoms with E-state index in [2.05, 4.69) is 35.7 Å². The number of ether oxygens (including phenoxy) is 1. The van der Waals surface area contributed by atoms with Crippen LogP contribution >= 0.6 is 0 Å². The maximum absolute atomic E-state index is 5.53. The van der Waals surface area contributed by atoms with E-state index in [1.54, 1.807) is 25.2 Å². The minimum Gasteiger partial charge on any atom is -0.380 e. The Labute approximate surface area is 128 Å². The fraction of sp³-hybridized carbons (Fsp3) is 0.615. The van der Waals surface area contributed by atoms with Crippen molar-refractivity contribution in [1.29, 1.82) is 0 Å².